The molecule has 0 unspecified atom stereocenters. The second-order valence-corrected chi connectivity index (χ2v) is 15.4. The molecule has 0 aromatic heterocycles. The summed E-state index contributed by atoms with van der Waals surface area (Å²) in [5.74, 6) is 0. The molecule has 0 aliphatic heterocycles. The first-order chi connectivity index (χ1) is 4.69. The number of alkyl halides is 6. The van der Waals surface area contributed by atoms with Crippen LogP contribution in [0.3, 0.4) is 0 Å². The van der Waals surface area contributed by atoms with Crippen LogP contribution in [-0.4, -0.2) is 16.9 Å². The summed E-state index contributed by atoms with van der Waals surface area (Å²) in [6, 6.07) is 0. The van der Waals surface area contributed by atoms with Gasteiger partial charge < -0.3 is 5.11 Å². The Morgan fingerprint density at radius 2 is 1.30 bits per heavy atom. The molecule has 0 saturated carbocycles. The van der Waals surface area contributed by atoms with Crippen molar-refractivity contribution in [3.63, 3.8) is 0 Å². The Balaban J connectivity index is 4.43. The minimum atomic E-state index is -0.661. The second-order valence-electron chi connectivity index (χ2n) is 1.46. The molecule has 0 radical (unpaired) electrons. The van der Waals surface area contributed by atoms with Crippen molar-refractivity contribution in [2.24, 2.45) is 0 Å². The van der Waals surface area contributed by atoms with Gasteiger partial charge in [0.15, 0.2) is 4.29 Å². The van der Waals surface area contributed by atoms with E-state index in [1.54, 1.807) is 0 Å². The maximum atomic E-state index is 6.79. The van der Waals surface area contributed by atoms with Crippen LogP contribution >= 0.6 is 95.6 Å². The molecule has 0 aliphatic rings. The van der Waals surface area contributed by atoms with E-state index < -0.39 is 10.4 Å². The number of rotatable bonds is 1. The van der Waals surface area contributed by atoms with Gasteiger partial charge in [0.2, 0.25) is 1.43 Å². The molecule has 0 aromatic carbocycles. The monoisotopic (exact) mass is 529 g/mol. The van der Waals surface area contributed by atoms with Crippen LogP contribution in [0.5, 0.6) is 0 Å². The highest BCUT2D eigenvalue weighted by molar-refractivity contribution is 9.40. The summed E-state index contributed by atoms with van der Waals surface area (Å²) in [5, 5.41) is 4.45. The van der Waals surface area contributed by atoms with Crippen LogP contribution in [0.2, 0.25) is 0 Å². The van der Waals surface area contributed by atoms with Crippen molar-refractivity contribution in [3.05, 3.63) is 0 Å². The summed E-state index contributed by atoms with van der Waals surface area (Å²) in [6.07, 6.45) is -0.519. The lowest BCUT2D eigenvalue weighted by atomic mass is 10.5. The number of hydrogen-bond acceptors (Lipinski definition) is 1. The maximum Gasteiger partial charge on any atom is 0.211 e. The van der Waals surface area contributed by atoms with E-state index in [0.717, 1.165) is 0 Å². The fourth-order valence-corrected chi connectivity index (χ4v) is 5.01. The van der Waals surface area contributed by atoms with Gasteiger partial charge in [0.25, 0.3) is 0 Å². The van der Waals surface area contributed by atoms with Gasteiger partial charge in [-0.1, -0.05) is 95.6 Å². The van der Waals surface area contributed by atoms with Crippen molar-refractivity contribution in [1.29, 1.82) is 1.43 Å². The standard InChI is InChI=1S/C3H2Br6O/c4-2(5,6)1(10)3(7,8)9/h1,10H/i10D. The molecule has 1 nitrogen and oxygen atoms in total. The summed E-state index contributed by atoms with van der Waals surface area (Å²) in [7, 11) is 0. The predicted octanol–water partition coefficient (Wildman–Crippen LogP) is 4.02. The third-order valence-electron chi connectivity index (χ3n) is 0.595. The minimum absolute atomic E-state index is 0.519. The molecule has 0 spiro atoms. The quantitative estimate of drug-likeness (QED) is 0.504. The van der Waals surface area contributed by atoms with Crippen LogP contribution in [0.15, 0.2) is 0 Å². The van der Waals surface area contributed by atoms with Gasteiger partial charge in [0.05, 0.1) is 0 Å². The highest BCUT2D eigenvalue weighted by Crippen LogP contribution is 2.49. The van der Waals surface area contributed by atoms with Crippen molar-refractivity contribution in [3.8, 4) is 0 Å². The highest BCUT2D eigenvalue weighted by atomic mass is 80.0. The zero-order valence-corrected chi connectivity index (χ0v) is 13.8. The fourth-order valence-electron chi connectivity index (χ4n) is 0.186. The first kappa shape index (κ1) is 10.9. The predicted molar refractivity (Wildman–Crippen MR) is 65.0 cm³/mol. The van der Waals surface area contributed by atoms with Crippen molar-refractivity contribution in [2.45, 2.75) is 10.4 Å². The Labute approximate surface area is 111 Å². The lowest BCUT2D eigenvalue weighted by molar-refractivity contribution is 0.204. The molecule has 0 aliphatic carbocycles. The van der Waals surface area contributed by atoms with Crippen molar-refractivity contribution < 1.29 is 5.11 Å². The second kappa shape index (κ2) is 4.37. The molecule has 0 fully saturated rings. The largest absolute Gasteiger partial charge is 0.387 e. The van der Waals surface area contributed by atoms with Crippen LogP contribution in [0.1, 0.15) is 0 Å². The zero-order valence-electron chi connectivity index (χ0n) is 5.25. The Morgan fingerprint density at radius 3 is 1.30 bits per heavy atom. The summed E-state index contributed by atoms with van der Waals surface area (Å²) in [5.41, 5.74) is 0. The molecule has 1 N–H and O–H groups in total. The smallest absolute Gasteiger partial charge is 0.211 e. The van der Waals surface area contributed by atoms with Crippen molar-refractivity contribution in [1.82, 2.24) is 0 Å². The van der Waals surface area contributed by atoms with Crippen LogP contribution in [0.25, 0.3) is 0 Å². The van der Waals surface area contributed by atoms with Crippen LogP contribution in [0.4, 0.5) is 0 Å². The Morgan fingerprint density at radius 1 is 1.00 bits per heavy atom. The SMILES string of the molecule is [2H]OC(C(Br)(Br)Br)C(Br)(Br)Br. The van der Waals surface area contributed by atoms with E-state index in [0.29, 0.717) is 0 Å². The summed E-state index contributed by atoms with van der Waals surface area (Å²) in [4.78, 5) is 0. The zero-order chi connectivity index (χ0) is 9.28. The number of halogens is 6. The molecular formula is C3H2Br6O. The molecular weight excluding hydrogens is 531 g/mol. The number of aliphatic hydroxyl groups is 1. The van der Waals surface area contributed by atoms with E-state index in [9.17, 15) is 0 Å². The summed E-state index contributed by atoms with van der Waals surface area (Å²) < 4.78 is 5.47. The van der Waals surface area contributed by atoms with E-state index in [1.165, 1.54) is 0 Å². The molecule has 7 heteroatoms. The third-order valence-corrected chi connectivity index (χ3v) is 3.09. The molecule has 10 heavy (non-hydrogen) atoms. The molecule has 0 bridgehead atoms. The normalized spacial score (nSPS) is 15.7. The first-order valence-electron chi connectivity index (χ1n) is 2.36. The van der Waals surface area contributed by atoms with Gasteiger partial charge in [-0.15, -0.1) is 0 Å². The topological polar surface area (TPSA) is 20.2 Å². The van der Waals surface area contributed by atoms with Crippen molar-refractivity contribution >= 4 is 95.6 Å². The summed E-state index contributed by atoms with van der Waals surface area (Å²) in [6.45, 7) is 0. The van der Waals surface area contributed by atoms with E-state index in [1.807, 2.05) is 0 Å². The van der Waals surface area contributed by atoms with Crippen LogP contribution < -0.4 is 0 Å². The van der Waals surface area contributed by atoms with E-state index in [2.05, 4.69) is 101 Å². The molecule has 0 heterocycles. The number of hydrogen-bond donors (Lipinski definition) is 1. The Hall–Kier alpha value is 2.84. The van der Waals surface area contributed by atoms with Gasteiger partial charge in [-0.2, -0.15) is 0 Å². The third kappa shape index (κ3) is 4.77. The van der Waals surface area contributed by atoms with Gasteiger partial charge in [-0.25, -0.2) is 0 Å². The maximum absolute atomic E-state index is 6.79. The van der Waals surface area contributed by atoms with Gasteiger partial charge >= 0.3 is 0 Å². The molecule has 0 rings (SSSR count). The summed E-state index contributed by atoms with van der Waals surface area (Å²) >= 11 is 19.4. The van der Waals surface area contributed by atoms with Gasteiger partial charge in [0, 0.05) is 0 Å². The average molecular weight is 534 g/mol. The fraction of sp³-hybridized carbons (Fsp3) is 1.00. The lowest BCUT2D eigenvalue weighted by Crippen LogP contribution is -2.35. The van der Waals surface area contributed by atoms with Gasteiger partial charge in [-0.3, -0.25) is 0 Å². The van der Waals surface area contributed by atoms with E-state index >= 15 is 0 Å². The number of aliphatic hydroxyl groups excluding tert-OH is 1. The van der Waals surface area contributed by atoms with Crippen LogP contribution in [-0.2, 0) is 0 Å². The Kier molecular flexibility index (Phi) is 4.77. The lowest BCUT2D eigenvalue weighted by Gasteiger charge is -2.27. The van der Waals surface area contributed by atoms with E-state index in [-0.39, 0.29) is 0 Å². The Bertz CT molecular complexity index is 113. The molecule has 62 valence electrons. The molecule has 0 aromatic rings. The minimum Gasteiger partial charge on any atom is -0.387 e. The van der Waals surface area contributed by atoms with Gasteiger partial charge in [-0.05, 0) is 0 Å². The highest BCUT2D eigenvalue weighted by Gasteiger charge is 2.42. The molecule has 0 saturated heterocycles. The van der Waals surface area contributed by atoms with Crippen molar-refractivity contribution in [2.75, 3.05) is 0 Å². The molecule has 0 atom stereocenters. The first-order valence-corrected chi connectivity index (χ1v) is 6.70. The van der Waals surface area contributed by atoms with Gasteiger partial charge in [0.1, 0.15) is 6.10 Å². The molecule has 0 amide bonds. The average Bonchev–Trinajstić information content (AvgIpc) is 1.56. The van der Waals surface area contributed by atoms with Crippen LogP contribution in [0, 0.1) is 0 Å². The van der Waals surface area contributed by atoms with E-state index in [4.69, 9.17) is 1.43 Å².